The first-order chi connectivity index (χ1) is 12.6. The van der Waals surface area contributed by atoms with E-state index in [4.69, 9.17) is 4.42 Å². The lowest BCUT2D eigenvalue weighted by molar-refractivity contribution is -0.124. The molecule has 1 saturated carbocycles. The van der Waals surface area contributed by atoms with Crippen LogP contribution in [0.2, 0.25) is 0 Å². The van der Waals surface area contributed by atoms with E-state index in [0.29, 0.717) is 18.7 Å². The van der Waals surface area contributed by atoms with Crippen LogP contribution in [0.15, 0.2) is 47.3 Å². The molecule has 1 aromatic carbocycles. The summed E-state index contributed by atoms with van der Waals surface area (Å²) in [7, 11) is 0. The third kappa shape index (κ3) is 3.11. The molecule has 6 heteroatoms. The monoisotopic (exact) mass is 356 g/mol. The molecule has 1 saturated heterocycles. The average Bonchev–Trinajstić information content (AvgIpc) is 3.29. The highest BCUT2D eigenvalue weighted by atomic mass is 19.1. The molecule has 0 atom stereocenters. The average molecular weight is 356 g/mol. The van der Waals surface area contributed by atoms with Crippen molar-refractivity contribution in [2.45, 2.75) is 37.1 Å². The molecule has 1 N–H and O–H groups in total. The van der Waals surface area contributed by atoms with E-state index in [-0.39, 0.29) is 23.7 Å². The Morgan fingerprint density at radius 3 is 2.38 bits per heavy atom. The zero-order valence-corrected chi connectivity index (χ0v) is 14.4. The van der Waals surface area contributed by atoms with E-state index in [1.165, 1.54) is 24.7 Å². The number of rotatable bonds is 4. The molecule has 2 fully saturated rings. The number of furan rings is 1. The van der Waals surface area contributed by atoms with Crippen molar-refractivity contribution < 1.29 is 18.4 Å². The molecule has 2 amide bonds. The van der Waals surface area contributed by atoms with Gasteiger partial charge in [-0.05, 0) is 49.4 Å². The normalized spacial score (nSPS) is 19.2. The molecule has 4 rings (SSSR count). The molecular weight excluding hydrogens is 335 g/mol. The Labute approximate surface area is 151 Å². The number of carbonyl (C=O) groups is 2. The quantitative estimate of drug-likeness (QED) is 0.916. The lowest BCUT2D eigenvalue weighted by Gasteiger charge is -2.33. The lowest BCUT2D eigenvalue weighted by atomic mass is 9.93. The summed E-state index contributed by atoms with van der Waals surface area (Å²) >= 11 is 0. The molecule has 5 nitrogen and oxygen atoms in total. The second-order valence-electron chi connectivity index (χ2n) is 7.14. The van der Waals surface area contributed by atoms with Crippen molar-refractivity contribution in [1.82, 2.24) is 10.2 Å². The Hall–Kier alpha value is -2.63. The van der Waals surface area contributed by atoms with Gasteiger partial charge in [0.2, 0.25) is 5.91 Å². The Bertz CT molecular complexity index is 789. The van der Waals surface area contributed by atoms with E-state index in [1.807, 2.05) is 0 Å². The fourth-order valence-corrected chi connectivity index (χ4v) is 3.66. The minimum atomic E-state index is -0.503. The number of hydrogen-bond acceptors (Lipinski definition) is 3. The second-order valence-corrected chi connectivity index (χ2v) is 7.14. The van der Waals surface area contributed by atoms with Crippen LogP contribution < -0.4 is 5.32 Å². The molecule has 0 unspecified atom stereocenters. The van der Waals surface area contributed by atoms with E-state index < -0.39 is 5.41 Å². The van der Waals surface area contributed by atoms with E-state index in [1.54, 1.807) is 23.1 Å². The topological polar surface area (TPSA) is 62.6 Å². The summed E-state index contributed by atoms with van der Waals surface area (Å²) in [5.41, 5.74) is 0.932. The molecule has 2 aromatic rings. The number of likely N-dealkylation sites (tertiary alicyclic amines) is 1. The minimum Gasteiger partial charge on any atom is -0.472 e. The predicted octanol–water partition coefficient (Wildman–Crippen LogP) is 2.87. The van der Waals surface area contributed by atoms with Gasteiger partial charge in [0.15, 0.2) is 0 Å². The smallest absolute Gasteiger partial charge is 0.257 e. The summed E-state index contributed by atoms with van der Waals surface area (Å²) in [5.74, 6) is -0.308. The van der Waals surface area contributed by atoms with Crippen LogP contribution in [0.5, 0.6) is 0 Å². The first-order valence-electron chi connectivity index (χ1n) is 8.97. The van der Waals surface area contributed by atoms with Crippen molar-refractivity contribution in [1.29, 1.82) is 0 Å². The first-order valence-corrected chi connectivity index (χ1v) is 8.97. The number of hydrogen-bond donors (Lipinski definition) is 1. The maximum absolute atomic E-state index is 13.1. The van der Waals surface area contributed by atoms with Crippen LogP contribution >= 0.6 is 0 Å². The van der Waals surface area contributed by atoms with Crippen LogP contribution in [-0.4, -0.2) is 35.8 Å². The Kier molecular flexibility index (Phi) is 4.26. The maximum Gasteiger partial charge on any atom is 0.257 e. The Morgan fingerprint density at radius 2 is 1.81 bits per heavy atom. The third-order valence-corrected chi connectivity index (χ3v) is 5.47. The number of benzene rings is 1. The lowest BCUT2D eigenvalue weighted by Crippen LogP contribution is -2.48. The van der Waals surface area contributed by atoms with Gasteiger partial charge < -0.3 is 14.6 Å². The standard InChI is InChI=1S/C20H21FN2O3/c21-16-3-1-15(2-4-16)20(8-9-20)19(25)22-17-5-10-23(11-6-17)18(24)14-7-12-26-13-14/h1-4,7,12-13,17H,5-6,8-11H2,(H,22,25). The molecule has 2 heterocycles. The molecule has 0 spiro atoms. The number of piperidine rings is 1. The number of nitrogens with zero attached hydrogens (tertiary/aromatic N) is 1. The SMILES string of the molecule is O=C(c1ccoc1)N1CCC(NC(=O)C2(c3ccc(F)cc3)CC2)CC1. The molecule has 1 aliphatic carbocycles. The summed E-state index contributed by atoms with van der Waals surface area (Å²) in [6.45, 7) is 1.22. The molecule has 1 aromatic heterocycles. The molecule has 1 aliphatic heterocycles. The van der Waals surface area contributed by atoms with Gasteiger partial charge in [0.1, 0.15) is 12.1 Å². The van der Waals surface area contributed by atoms with Crippen molar-refractivity contribution in [3.8, 4) is 0 Å². The second kappa shape index (κ2) is 6.59. The van der Waals surface area contributed by atoms with Crippen LogP contribution in [-0.2, 0) is 10.2 Å². The third-order valence-electron chi connectivity index (χ3n) is 5.47. The maximum atomic E-state index is 13.1. The summed E-state index contributed by atoms with van der Waals surface area (Å²) in [4.78, 5) is 26.9. The zero-order chi connectivity index (χ0) is 18.1. The predicted molar refractivity (Wildman–Crippen MR) is 93.1 cm³/mol. The van der Waals surface area contributed by atoms with Crippen molar-refractivity contribution in [2.24, 2.45) is 0 Å². The highest BCUT2D eigenvalue weighted by Gasteiger charge is 2.51. The van der Waals surface area contributed by atoms with Crippen LogP contribution in [0.3, 0.4) is 0 Å². The number of carbonyl (C=O) groups excluding carboxylic acids is 2. The summed E-state index contributed by atoms with van der Waals surface area (Å²) in [5, 5.41) is 3.14. The summed E-state index contributed by atoms with van der Waals surface area (Å²) in [6.07, 6.45) is 5.99. The molecule has 2 aliphatic rings. The van der Waals surface area contributed by atoms with E-state index in [2.05, 4.69) is 5.32 Å². The fraction of sp³-hybridized carbons (Fsp3) is 0.400. The van der Waals surface area contributed by atoms with Gasteiger partial charge in [0.05, 0.1) is 17.2 Å². The summed E-state index contributed by atoms with van der Waals surface area (Å²) < 4.78 is 18.1. The van der Waals surface area contributed by atoms with Gasteiger partial charge in [-0.25, -0.2) is 4.39 Å². The van der Waals surface area contributed by atoms with E-state index >= 15 is 0 Å². The van der Waals surface area contributed by atoms with Crippen molar-refractivity contribution >= 4 is 11.8 Å². The number of amides is 2. The molecule has 0 radical (unpaired) electrons. The van der Waals surface area contributed by atoms with Gasteiger partial charge in [-0.1, -0.05) is 12.1 Å². The molecular formula is C20H21FN2O3. The number of nitrogens with one attached hydrogen (secondary N) is 1. The Balaban J connectivity index is 1.34. The van der Waals surface area contributed by atoms with Gasteiger partial charge in [0.25, 0.3) is 5.91 Å². The zero-order valence-electron chi connectivity index (χ0n) is 14.4. The first kappa shape index (κ1) is 16.8. The van der Waals surface area contributed by atoms with Crippen LogP contribution in [0.1, 0.15) is 41.6 Å². The molecule has 26 heavy (non-hydrogen) atoms. The van der Waals surface area contributed by atoms with Crippen molar-refractivity contribution in [3.63, 3.8) is 0 Å². The minimum absolute atomic E-state index is 0.0173. The van der Waals surface area contributed by atoms with Gasteiger partial charge >= 0.3 is 0 Å². The highest BCUT2D eigenvalue weighted by molar-refractivity contribution is 5.94. The van der Waals surface area contributed by atoms with Gasteiger partial charge in [0, 0.05) is 19.1 Å². The highest BCUT2D eigenvalue weighted by Crippen LogP contribution is 2.48. The summed E-state index contributed by atoms with van der Waals surface area (Å²) in [6, 6.07) is 7.94. The van der Waals surface area contributed by atoms with Crippen molar-refractivity contribution in [2.75, 3.05) is 13.1 Å². The largest absolute Gasteiger partial charge is 0.472 e. The number of halogens is 1. The van der Waals surface area contributed by atoms with Gasteiger partial charge in [-0.3, -0.25) is 9.59 Å². The van der Waals surface area contributed by atoms with Crippen molar-refractivity contribution in [3.05, 3.63) is 59.8 Å². The molecule has 136 valence electrons. The fourth-order valence-electron chi connectivity index (χ4n) is 3.66. The Morgan fingerprint density at radius 1 is 1.12 bits per heavy atom. The van der Waals surface area contributed by atoms with E-state index in [9.17, 15) is 14.0 Å². The van der Waals surface area contributed by atoms with Crippen LogP contribution in [0.4, 0.5) is 4.39 Å². The van der Waals surface area contributed by atoms with Crippen LogP contribution in [0.25, 0.3) is 0 Å². The van der Waals surface area contributed by atoms with Gasteiger partial charge in [-0.2, -0.15) is 0 Å². The van der Waals surface area contributed by atoms with Crippen LogP contribution in [0, 0.1) is 5.82 Å². The van der Waals surface area contributed by atoms with Gasteiger partial charge in [-0.15, -0.1) is 0 Å². The molecule has 0 bridgehead atoms. The van der Waals surface area contributed by atoms with E-state index in [0.717, 1.165) is 31.2 Å².